The number of phenolic OH excluding ortho intramolecular Hbond substituents is 1. The fourth-order valence-corrected chi connectivity index (χ4v) is 2.98. The van der Waals surface area contributed by atoms with Crippen molar-refractivity contribution in [3.05, 3.63) is 24.3 Å². The first kappa shape index (κ1) is 11.3. The first-order valence-electron chi connectivity index (χ1n) is 5.35. The molecule has 1 fully saturated rings. The van der Waals surface area contributed by atoms with Crippen LogP contribution in [-0.2, 0) is 4.79 Å². The Balaban J connectivity index is 2.04. The Kier molecular flexibility index (Phi) is 3.10. The van der Waals surface area contributed by atoms with Crippen LogP contribution in [0.4, 0.5) is 5.69 Å². The van der Waals surface area contributed by atoms with Gasteiger partial charge in [0.05, 0.1) is 4.75 Å². The summed E-state index contributed by atoms with van der Waals surface area (Å²) in [5.74, 6) is 1.32. The molecule has 16 heavy (non-hydrogen) atoms. The summed E-state index contributed by atoms with van der Waals surface area (Å²) in [6.07, 6.45) is 2.03. The molecule has 1 amide bonds. The minimum Gasteiger partial charge on any atom is -0.508 e. The zero-order chi connectivity index (χ0) is 11.6. The van der Waals surface area contributed by atoms with Crippen molar-refractivity contribution in [2.24, 2.45) is 0 Å². The van der Waals surface area contributed by atoms with E-state index in [0.29, 0.717) is 0 Å². The molecule has 1 atom stereocenters. The zero-order valence-electron chi connectivity index (χ0n) is 9.19. The maximum Gasteiger partial charge on any atom is 0.240 e. The number of aromatic hydroxyl groups is 1. The third kappa shape index (κ3) is 2.32. The van der Waals surface area contributed by atoms with E-state index in [0.717, 1.165) is 24.3 Å². The Morgan fingerprint density at radius 2 is 2.12 bits per heavy atom. The molecule has 1 aliphatic heterocycles. The first-order valence-corrected chi connectivity index (χ1v) is 6.33. The number of phenols is 1. The lowest BCUT2D eigenvalue weighted by molar-refractivity contribution is -0.118. The van der Waals surface area contributed by atoms with Crippen molar-refractivity contribution in [3.63, 3.8) is 0 Å². The molecule has 1 heterocycles. The molecule has 1 saturated heterocycles. The van der Waals surface area contributed by atoms with Gasteiger partial charge in [-0.25, -0.2) is 0 Å². The van der Waals surface area contributed by atoms with Crippen LogP contribution >= 0.6 is 11.8 Å². The lowest BCUT2D eigenvalue weighted by atomic mass is 10.0. The van der Waals surface area contributed by atoms with Gasteiger partial charge in [0.25, 0.3) is 0 Å². The Hall–Kier alpha value is -1.16. The Bertz CT molecular complexity index is 383. The molecule has 2 rings (SSSR count). The highest BCUT2D eigenvalue weighted by atomic mass is 32.2. The van der Waals surface area contributed by atoms with E-state index >= 15 is 0 Å². The van der Waals surface area contributed by atoms with Crippen molar-refractivity contribution in [2.75, 3.05) is 11.1 Å². The minimum absolute atomic E-state index is 0.0562. The molecular formula is C12H15NO2S. The van der Waals surface area contributed by atoms with Crippen molar-refractivity contribution in [2.45, 2.75) is 24.5 Å². The molecule has 0 saturated carbocycles. The van der Waals surface area contributed by atoms with Crippen LogP contribution in [0.5, 0.6) is 5.75 Å². The fourth-order valence-electron chi connectivity index (χ4n) is 1.77. The van der Waals surface area contributed by atoms with Crippen LogP contribution in [0.1, 0.15) is 19.8 Å². The highest BCUT2D eigenvalue weighted by molar-refractivity contribution is 8.01. The average molecular weight is 237 g/mol. The van der Waals surface area contributed by atoms with Gasteiger partial charge in [-0.3, -0.25) is 4.79 Å². The Labute approximate surface area is 99.2 Å². The minimum atomic E-state index is -0.294. The van der Waals surface area contributed by atoms with Gasteiger partial charge in [0.15, 0.2) is 0 Å². The summed E-state index contributed by atoms with van der Waals surface area (Å²) < 4.78 is -0.294. The molecule has 0 spiro atoms. The number of carbonyl (C=O) groups excluding carboxylic acids is 1. The topological polar surface area (TPSA) is 49.3 Å². The van der Waals surface area contributed by atoms with Crippen molar-refractivity contribution < 1.29 is 9.90 Å². The van der Waals surface area contributed by atoms with E-state index in [1.807, 2.05) is 6.92 Å². The molecule has 4 heteroatoms. The normalized spacial score (nSPS) is 24.3. The van der Waals surface area contributed by atoms with Gasteiger partial charge in [-0.05, 0) is 49.8 Å². The van der Waals surface area contributed by atoms with Gasteiger partial charge in [0.2, 0.25) is 5.91 Å². The number of rotatable bonds is 2. The van der Waals surface area contributed by atoms with E-state index in [4.69, 9.17) is 5.11 Å². The number of hydrogen-bond acceptors (Lipinski definition) is 3. The Morgan fingerprint density at radius 1 is 1.44 bits per heavy atom. The maximum absolute atomic E-state index is 12.0. The number of hydrogen-bond donors (Lipinski definition) is 2. The van der Waals surface area contributed by atoms with E-state index in [-0.39, 0.29) is 16.4 Å². The molecule has 3 nitrogen and oxygen atoms in total. The second-order valence-electron chi connectivity index (χ2n) is 4.18. The molecule has 1 aliphatic rings. The number of nitrogens with one attached hydrogen (secondary N) is 1. The molecule has 1 unspecified atom stereocenters. The second kappa shape index (κ2) is 4.37. The summed E-state index contributed by atoms with van der Waals surface area (Å²) in [6, 6.07) is 6.55. The van der Waals surface area contributed by atoms with Gasteiger partial charge in [-0.2, -0.15) is 0 Å². The van der Waals surface area contributed by atoms with Gasteiger partial charge in [0.1, 0.15) is 5.75 Å². The highest BCUT2D eigenvalue weighted by Crippen LogP contribution is 2.38. The Morgan fingerprint density at radius 3 is 2.69 bits per heavy atom. The predicted molar refractivity (Wildman–Crippen MR) is 66.8 cm³/mol. The summed E-state index contributed by atoms with van der Waals surface area (Å²) >= 11 is 1.71. The average Bonchev–Trinajstić information content (AvgIpc) is 2.70. The smallest absolute Gasteiger partial charge is 0.240 e. The molecule has 2 N–H and O–H groups in total. The molecule has 0 aliphatic carbocycles. The van der Waals surface area contributed by atoms with Crippen LogP contribution in [-0.4, -0.2) is 21.5 Å². The highest BCUT2D eigenvalue weighted by Gasteiger charge is 2.37. The van der Waals surface area contributed by atoms with E-state index in [1.165, 1.54) is 0 Å². The largest absolute Gasteiger partial charge is 0.508 e. The van der Waals surface area contributed by atoms with E-state index in [2.05, 4.69) is 5.32 Å². The third-order valence-corrected chi connectivity index (χ3v) is 4.34. The molecular weight excluding hydrogens is 222 g/mol. The summed E-state index contributed by atoms with van der Waals surface area (Å²) in [5, 5.41) is 12.0. The van der Waals surface area contributed by atoms with Crippen LogP contribution < -0.4 is 5.32 Å². The van der Waals surface area contributed by atoms with Gasteiger partial charge >= 0.3 is 0 Å². The van der Waals surface area contributed by atoms with E-state index < -0.39 is 0 Å². The van der Waals surface area contributed by atoms with Crippen LogP contribution in [0.2, 0.25) is 0 Å². The molecule has 0 aromatic heterocycles. The van der Waals surface area contributed by atoms with Gasteiger partial charge in [0, 0.05) is 5.69 Å². The van der Waals surface area contributed by atoms with Crippen molar-refractivity contribution in [3.8, 4) is 5.75 Å². The van der Waals surface area contributed by atoms with Crippen LogP contribution in [0.3, 0.4) is 0 Å². The summed E-state index contributed by atoms with van der Waals surface area (Å²) in [4.78, 5) is 12.0. The monoisotopic (exact) mass is 237 g/mol. The van der Waals surface area contributed by atoms with Gasteiger partial charge in [-0.1, -0.05) is 0 Å². The number of anilines is 1. The molecule has 1 aromatic carbocycles. The van der Waals surface area contributed by atoms with Crippen molar-refractivity contribution in [1.82, 2.24) is 0 Å². The van der Waals surface area contributed by atoms with Crippen LogP contribution in [0.15, 0.2) is 24.3 Å². The molecule has 1 aromatic rings. The summed E-state index contributed by atoms with van der Waals surface area (Å²) in [5.41, 5.74) is 0.733. The SMILES string of the molecule is CC1(C(=O)Nc2ccc(O)cc2)CCCS1. The molecule has 0 bridgehead atoms. The third-order valence-electron chi connectivity index (χ3n) is 2.82. The van der Waals surface area contributed by atoms with Crippen molar-refractivity contribution >= 4 is 23.4 Å². The predicted octanol–water partition coefficient (Wildman–Crippen LogP) is 2.62. The quantitative estimate of drug-likeness (QED) is 0.777. The van der Waals surface area contributed by atoms with Crippen molar-refractivity contribution in [1.29, 1.82) is 0 Å². The number of benzene rings is 1. The molecule has 0 radical (unpaired) electrons. The van der Waals surface area contributed by atoms with E-state index in [1.54, 1.807) is 36.0 Å². The number of carbonyl (C=O) groups is 1. The molecule has 86 valence electrons. The first-order chi connectivity index (χ1) is 7.60. The number of thioether (sulfide) groups is 1. The van der Waals surface area contributed by atoms with E-state index in [9.17, 15) is 4.79 Å². The van der Waals surface area contributed by atoms with Gasteiger partial charge < -0.3 is 10.4 Å². The van der Waals surface area contributed by atoms with Crippen LogP contribution in [0, 0.1) is 0 Å². The lowest BCUT2D eigenvalue weighted by Crippen LogP contribution is -2.34. The standard InChI is InChI=1S/C12H15NO2S/c1-12(7-2-8-16-12)11(15)13-9-3-5-10(14)6-4-9/h3-6,14H,2,7-8H2,1H3,(H,13,15). The zero-order valence-corrected chi connectivity index (χ0v) is 10.0. The van der Waals surface area contributed by atoms with Crippen LogP contribution in [0.25, 0.3) is 0 Å². The summed E-state index contributed by atoms with van der Waals surface area (Å²) in [6.45, 7) is 1.99. The lowest BCUT2D eigenvalue weighted by Gasteiger charge is -2.21. The van der Waals surface area contributed by atoms with Gasteiger partial charge in [-0.15, -0.1) is 11.8 Å². The summed E-state index contributed by atoms with van der Waals surface area (Å²) in [7, 11) is 0. The maximum atomic E-state index is 12.0. The second-order valence-corrected chi connectivity index (χ2v) is 5.78. The fraction of sp³-hybridized carbons (Fsp3) is 0.417. The number of amides is 1.